The summed E-state index contributed by atoms with van der Waals surface area (Å²) in [6.07, 6.45) is 1.50. The molecule has 0 saturated carbocycles. The second kappa shape index (κ2) is 8.91. The zero-order valence-electron chi connectivity index (χ0n) is 15.7. The minimum Gasteiger partial charge on any atom is -0.467 e. The molecule has 0 aliphatic rings. The highest BCUT2D eigenvalue weighted by molar-refractivity contribution is 7.87. The Morgan fingerprint density at radius 3 is 2.38 bits per heavy atom. The van der Waals surface area contributed by atoms with E-state index in [1.54, 1.807) is 30.3 Å². The van der Waals surface area contributed by atoms with Crippen LogP contribution >= 0.6 is 0 Å². The van der Waals surface area contributed by atoms with Crippen molar-refractivity contribution in [1.82, 2.24) is 4.90 Å². The van der Waals surface area contributed by atoms with Gasteiger partial charge in [-0.25, -0.2) is 4.39 Å². The normalized spacial score (nSPS) is 11.2. The van der Waals surface area contributed by atoms with E-state index in [0.717, 1.165) is 5.56 Å². The summed E-state index contributed by atoms with van der Waals surface area (Å²) >= 11 is 0. The van der Waals surface area contributed by atoms with Gasteiger partial charge in [0.1, 0.15) is 17.3 Å². The fraction of sp³-hybridized carbons (Fsp3) is 0.190. The van der Waals surface area contributed by atoms with Gasteiger partial charge in [0.15, 0.2) is 0 Å². The fourth-order valence-electron chi connectivity index (χ4n) is 2.67. The number of furan rings is 1. The maximum atomic E-state index is 14.1. The van der Waals surface area contributed by atoms with Crippen LogP contribution in [0.25, 0.3) is 0 Å². The first-order chi connectivity index (χ1) is 13.9. The van der Waals surface area contributed by atoms with Crippen LogP contribution in [0.15, 0.2) is 71.3 Å². The molecule has 0 saturated heterocycles. The molecule has 0 radical (unpaired) electrons. The summed E-state index contributed by atoms with van der Waals surface area (Å²) in [6.45, 7) is 1.82. The minimum atomic E-state index is -3.62. The van der Waals surface area contributed by atoms with Crippen LogP contribution in [0.4, 0.5) is 4.39 Å². The number of carbonyl (C=O) groups excluding carboxylic acids is 1. The highest BCUT2D eigenvalue weighted by Gasteiger charge is 2.21. The van der Waals surface area contributed by atoms with Crippen LogP contribution in [0.3, 0.4) is 0 Å². The Kier molecular flexibility index (Phi) is 6.33. The van der Waals surface area contributed by atoms with Crippen molar-refractivity contribution in [2.45, 2.75) is 20.0 Å². The van der Waals surface area contributed by atoms with E-state index >= 15 is 0 Å². The molecule has 29 heavy (non-hydrogen) atoms. The van der Waals surface area contributed by atoms with Gasteiger partial charge in [0, 0.05) is 6.54 Å². The van der Waals surface area contributed by atoms with Crippen molar-refractivity contribution in [1.29, 1.82) is 0 Å². The SMILES string of the molecule is CCS(=O)(=O)Oc1ccc(CN(Cc2ccco2)C(=O)c2ccccc2F)cc1. The van der Waals surface area contributed by atoms with Crippen molar-refractivity contribution in [3.05, 3.63) is 89.6 Å². The summed E-state index contributed by atoms with van der Waals surface area (Å²) in [7, 11) is -3.62. The highest BCUT2D eigenvalue weighted by atomic mass is 32.2. The Hall–Kier alpha value is -3.13. The lowest BCUT2D eigenvalue weighted by atomic mass is 10.1. The maximum Gasteiger partial charge on any atom is 0.308 e. The maximum absolute atomic E-state index is 14.1. The fourth-order valence-corrected chi connectivity index (χ4v) is 3.19. The molecule has 0 fully saturated rings. The Balaban J connectivity index is 1.81. The predicted octanol–water partition coefficient (Wildman–Crippen LogP) is 3.99. The third-order valence-corrected chi connectivity index (χ3v) is 5.35. The molecule has 3 rings (SSSR count). The molecular weight excluding hydrogens is 397 g/mol. The van der Waals surface area contributed by atoms with Crippen molar-refractivity contribution in [3.63, 3.8) is 0 Å². The molecule has 152 valence electrons. The topological polar surface area (TPSA) is 76.8 Å². The van der Waals surface area contributed by atoms with Crippen LogP contribution in [0.2, 0.25) is 0 Å². The molecule has 8 heteroatoms. The van der Waals surface area contributed by atoms with E-state index in [9.17, 15) is 17.6 Å². The van der Waals surface area contributed by atoms with Crippen LogP contribution in [-0.2, 0) is 23.2 Å². The second-order valence-electron chi connectivity index (χ2n) is 6.29. The van der Waals surface area contributed by atoms with E-state index in [-0.39, 0.29) is 30.2 Å². The Morgan fingerprint density at radius 1 is 1.03 bits per heavy atom. The number of nitrogens with zero attached hydrogens (tertiary/aromatic N) is 1. The average Bonchev–Trinajstić information content (AvgIpc) is 3.22. The first-order valence-electron chi connectivity index (χ1n) is 8.95. The van der Waals surface area contributed by atoms with E-state index in [2.05, 4.69) is 0 Å². The van der Waals surface area contributed by atoms with Gasteiger partial charge in [0.2, 0.25) is 0 Å². The van der Waals surface area contributed by atoms with Crippen LogP contribution in [0.1, 0.15) is 28.6 Å². The monoisotopic (exact) mass is 417 g/mol. The molecule has 1 heterocycles. The molecular formula is C21H20FNO5S. The molecule has 1 aromatic heterocycles. The molecule has 0 N–H and O–H groups in total. The van der Waals surface area contributed by atoms with Crippen molar-refractivity contribution in [3.8, 4) is 5.75 Å². The molecule has 0 bridgehead atoms. The smallest absolute Gasteiger partial charge is 0.308 e. The van der Waals surface area contributed by atoms with Gasteiger partial charge in [-0.05, 0) is 48.9 Å². The van der Waals surface area contributed by atoms with Crippen molar-refractivity contribution in [2.75, 3.05) is 5.75 Å². The Bertz CT molecular complexity index is 1060. The van der Waals surface area contributed by atoms with Crippen molar-refractivity contribution in [2.24, 2.45) is 0 Å². The lowest BCUT2D eigenvalue weighted by Crippen LogP contribution is -2.30. The number of amides is 1. The van der Waals surface area contributed by atoms with Gasteiger partial charge in [-0.3, -0.25) is 4.79 Å². The molecule has 1 amide bonds. The number of hydrogen-bond donors (Lipinski definition) is 0. The van der Waals surface area contributed by atoms with Gasteiger partial charge in [0.05, 0.1) is 24.1 Å². The van der Waals surface area contributed by atoms with Crippen molar-refractivity contribution < 1.29 is 26.2 Å². The summed E-state index contributed by atoms with van der Waals surface area (Å²) in [5, 5.41) is 0. The molecule has 3 aromatic rings. The first-order valence-corrected chi connectivity index (χ1v) is 10.5. The number of hydrogen-bond acceptors (Lipinski definition) is 5. The van der Waals surface area contributed by atoms with Gasteiger partial charge in [-0.1, -0.05) is 24.3 Å². The standard InChI is InChI=1S/C21H20FNO5S/c1-2-29(25,26)28-17-11-9-16(10-12-17)14-23(15-18-6-5-13-27-18)21(24)19-7-3-4-8-20(19)22/h3-13H,2,14-15H2,1H3. The summed E-state index contributed by atoms with van der Waals surface area (Å²) in [4.78, 5) is 14.4. The molecule has 0 atom stereocenters. The summed E-state index contributed by atoms with van der Waals surface area (Å²) in [6, 6.07) is 15.6. The van der Waals surface area contributed by atoms with E-state index in [0.29, 0.717) is 5.76 Å². The first kappa shape index (κ1) is 20.6. The molecule has 2 aromatic carbocycles. The van der Waals surface area contributed by atoms with Crippen LogP contribution in [0.5, 0.6) is 5.75 Å². The van der Waals surface area contributed by atoms with E-state index in [4.69, 9.17) is 8.60 Å². The number of halogens is 1. The van der Waals surface area contributed by atoms with Gasteiger partial charge in [-0.15, -0.1) is 0 Å². The third-order valence-electron chi connectivity index (χ3n) is 4.19. The Morgan fingerprint density at radius 2 is 1.76 bits per heavy atom. The zero-order chi connectivity index (χ0) is 20.9. The van der Waals surface area contributed by atoms with Crippen LogP contribution in [0, 0.1) is 5.82 Å². The summed E-state index contributed by atoms with van der Waals surface area (Å²) < 4.78 is 47.5. The molecule has 0 aliphatic carbocycles. The average molecular weight is 417 g/mol. The van der Waals surface area contributed by atoms with E-state index in [1.807, 2.05) is 0 Å². The Labute approximate surface area is 168 Å². The van der Waals surface area contributed by atoms with Crippen molar-refractivity contribution >= 4 is 16.0 Å². The lowest BCUT2D eigenvalue weighted by molar-refractivity contribution is 0.0713. The van der Waals surface area contributed by atoms with Gasteiger partial charge in [-0.2, -0.15) is 8.42 Å². The second-order valence-corrected chi connectivity index (χ2v) is 8.15. The van der Waals surface area contributed by atoms with Gasteiger partial charge in [0.25, 0.3) is 5.91 Å². The third kappa shape index (κ3) is 5.45. The van der Waals surface area contributed by atoms with E-state index < -0.39 is 21.8 Å². The van der Waals surface area contributed by atoms with E-state index in [1.165, 1.54) is 48.4 Å². The van der Waals surface area contributed by atoms with Gasteiger partial charge < -0.3 is 13.5 Å². The lowest BCUT2D eigenvalue weighted by Gasteiger charge is -2.22. The number of benzene rings is 2. The summed E-state index contributed by atoms with van der Waals surface area (Å²) in [5.74, 6) is -0.468. The molecule has 0 aliphatic heterocycles. The number of rotatable bonds is 8. The van der Waals surface area contributed by atoms with Crippen LogP contribution in [-0.4, -0.2) is 25.0 Å². The quantitative estimate of drug-likeness (QED) is 0.518. The van der Waals surface area contributed by atoms with Gasteiger partial charge >= 0.3 is 10.1 Å². The predicted molar refractivity (Wildman–Crippen MR) is 105 cm³/mol. The molecule has 0 unspecified atom stereocenters. The summed E-state index contributed by atoms with van der Waals surface area (Å²) in [5.41, 5.74) is 0.690. The largest absolute Gasteiger partial charge is 0.467 e. The zero-order valence-corrected chi connectivity index (χ0v) is 16.6. The molecule has 0 spiro atoms. The number of carbonyl (C=O) groups is 1. The highest BCUT2D eigenvalue weighted by Crippen LogP contribution is 2.19. The molecule has 6 nitrogen and oxygen atoms in total. The van der Waals surface area contributed by atoms with Crippen LogP contribution < -0.4 is 4.18 Å². The minimum absolute atomic E-state index is 0.0342.